The maximum Gasteiger partial charge on any atom is 0.408 e. The van der Waals surface area contributed by atoms with Crippen molar-refractivity contribution >= 4 is 17.9 Å². The molecule has 0 aliphatic carbocycles. The van der Waals surface area contributed by atoms with Crippen LogP contribution in [-0.2, 0) is 20.7 Å². The van der Waals surface area contributed by atoms with Gasteiger partial charge in [-0.05, 0) is 57.1 Å². The van der Waals surface area contributed by atoms with Crippen LogP contribution >= 0.6 is 0 Å². The molecule has 0 bridgehead atoms. The summed E-state index contributed by atoms with van der Waals surface area (Å²) in [6.07, 6.45) is 9.65. The van der Waals surface area contributed by atoms with Crippen LogP contribution in [0.15, 0.2) is 24.3 Å². The Kier molecular flexibility index (Phi) is 16.6. The zero-order chi connectivity index (χ0) is 30.1. The van der Waals surface area contributed by atoms with Gasteiger partial charge in [-0.25, -0.2) is 4.79 Å². The lowest BCUT2D eigenvalue weighted by Gasteiger charge is -2.35. The molecule has 0 spiro atoms. The average Bonchev–Trinajstić information content (AvgIpc) is 2.89. The summed E-state index contributed by atoms with van der Waals surface area (Å²) in [5.41, 5.74) is 1.27. The van der Waals surface area contributed by atoms with Gasteiger partial charge in [0.05, 0.1) is 0 Å². The minimum absolute atomic E-state index is 0.181. The monoisotopic (exact) mass is 559 g/mol. The molecule has 3 amide bonds. The summed E-state index contributed by atoms with van der Waals surface area (Å²) in [5, 5.41) is 5.90. The van der Waals surface area contributed by atoms with Gasteiger partial charge in [0.15, 0.2) is 0 Å². The van der Waals surface area contributed by atoms with E-state index in [1.807, 2.05) is 38.1 Å². The SMILES string of the molecule is CCCCCCCCN(C(=O)C(NC(=O)OC(C)(C)C)C(C)C)C(C(=O)NCCCCC)c1ccc(CC)cc1. The smallest absolute Gasteiger partial charge is 0.408 e. The van der Waals surface area contributed by atoms with Crippen LogP contribution in [0.2, 0.25) is 0 Å². The van der Waals surface area contributed by atoms with E-state index < -0.39 is 23.8 Å². The number of nitrogens with one attached hydrogen (secondary N) is 2. The quantitative estimate of drug-likeness (QED) is 0.184. The second-order valence-electron chi connectivity index (χ2n) is 12.2. The molecule has 1 aromatic carbocycles. The van der Waals surface area contributed by atoms with E-state index in [0.29, 0.717) is 13.1 Å². The summed E-state index contributed by atoms with van der Waals surface area (Å²) in [7, 11) is 0. The average molecular weight is 560 g/mol. The fourth-order valence-electron chi connectivity index (χ4n) is 4.65. The summed E-state index contributed by atoms with van der Waals surface area (Å²) >= 11 is 0. The molecule has 0 aliphatic heterocycles. The molecular weight excluding hydrogens is 502 g/mol. The van der Waals surface area contributed by atoms with Crippen LogP contribution in [0.1, 0.15) is 130 Å². The first-order valence-corrected chi connectivity index (χ1v) is 15.6. The fraction of sp³-hybridized carbons (Fsp3) is 0.727. The topological polar surface area (TPSA) is 87.7 Å². The normalized spacial score (nSPS) is 13.0. The second-order valence-corrected chi connectivity index (χ2v) is 12.2. The van der Waals surface area contributed by atoms with E-state index in [1.165, 1.54) is 24.8 Å². The third-order valence-corrected chi connectivity index (χ3v) is 6.98. The summed E-state index contributed by atoms with van der Waals surface area (Å²) in [5.74, 6) is -0.634. The van der Waals surface area contributed by atoms with Gasteiger partial charge in [0.2, 0.25) is 11.8 Å². The van der Waals surface area contributed by atoms with Crippen LogP contribution in [0.25, 0.3) is 0 Å². The first-order valence-electron chi connectivity index (χ1n) is 15.6. The molecule has 2 unspecified atom stereocenters. The predicted octanol–water partition coefficient (Wildman–Crippen LogP) is 7.33. The number of hydrogen-bond donors (Lipinski definition) is 2. The van der Waals surface area contributed by atoms with Crippen molar-refractivity contribution in [3.05, 3.63) is 35.4 Å². The molecule has 1 aromatic rings. The number of alkyl carbamates (subject to hydrolysis) is 1. The van der Waals surface area contributed by atoms with Crippen molar-refractivity contribution in [2.75, 3.05) is 13.1 Å². The van der Waals surface area contributed by atoms with Crippen LogP contribution in [-0.4, -0.2) is 47.5 Å². The van der Waals surface area contributed by atoms with Gasteiger partial charge in [-0.2, -0.15) is 0 Å². The molecule has 2 N–H and O–H groups in total. The lowest BCUT2D eigenvalue weighted by atomic mass is 9.97. The van der Waals surface area contributed by atoms with Gasteiger partial charge >= 0.3 is 6.09 Å². The first kappa shape index (κ1) is 35.5. The molecule has 0 radical (unpaired) electrons. The number of amides is 3. The van der Waals surface area contributed by atoms with Gasteiger partial charge in [0.25, 0.3) is 0 Å². The molecule has 40 heavy (non-hydrogen) atoms. The minimum atomic E-state index is -0.819. The Morgan fingerprint density at radius 1 is 0.850 bits per heavy atom. The Labute approximate surface area is 244 Å². The molecule has 0 heterocycles. The van der Waals surface area contributed by atoms with Crippen LogP contribution in [0.4, 0.5) is 4.79 Å². The number of unbranched alkanes of at least 4 members (excludes halogenated alkanes) is 7. The zero-order valence-electron chi connectivity index (χ0n) is 26.6. The highest BCUT2D eigenvalue weighted by atomic mass is 16.6. The van der Waals surface area contributed by atoms with E-state index in [9.17, 15) is 14.4 Å². The number of rotatable bonds is 18. The molecule has 0 saturated heterocycles. The number of benzene rings is 1. The van der Waals surface area contributed by atoms with Crippen molar-refractivity contribution in [3.63, 3.8) is 0 Å². The maximum absolute atomic E-state index is 14.2. The zero-order valence-corrected chi connectivity index (χ0v) is 26.6. The van der Waals surface area contributed by atoms with E-state index in [2.05, 4.69) is 31.4 Å². The minimum Gasteiger partial charge on any atom is -0.444 e. The highest BCUT2D eigenvalue weighted by Crippen LogP contribution is 2.26. The van der Waals surface area contributed by atoms with E-state index in [-0.39, 0.29) is 17.7 Å². The molecular formula is C33H57N3O4. The van der Waals surface area contributed by atoms with Gasteiger partial charge in [-0.3, -0.25) is 9.59 Å². The van der Waals surface area contributed by atoms with Gasteiger partial charge in [0.1, 0.15) is 17.7 Å². The number of ether oxygens (including phenoxy) is 1. The molecule has 2 atom stereocenters. The number of carbonyl (C=O) groups is 3. The standard InChI is InChI=1S/C33H57N3O4/c1-9-12-14-15-16-18-24-36(31(38)28(25(4)5)35-32(39)40-33(6,7)8)29(30(37)34-23-17-13-10-2)27-21-19-26(11-3)20-22-27/h19-22,25,28-29H,9-18,23-24H2,1-8H3,(H,34,37)(H,35,39). The predicted molar refractivity (Wildman–Crippen MR) is 164 cm³/mol. The summed E-state index contributed by atoms with van der Waals surface area (Å²) in [6.45, 7) is 16.6. The third kappa shape index (κ3) is 13.2. The summed E-state index contributed by atoms with van der Waals surface area (Å²) < 4.78 is 5.48. The van der Waals surface area contributed by atoms with Crippen molar-refractivity contribution in [3.8, 4) is 0 Å². The molecule has 0 aliphatic rings. The van der Waals surface area contributed by atoms with E-state index >= 15 is 0 Å². The Morgan fingerprint density at radius 3 is 1.98 bits per heavy atom. The van der Waals surface area contributed by atoms with E-state index in [1.54, 1.807) is 25.7 Å². The van der Waals surface area contributed by atoms with E-state index in [4.69, 9.17) is 4.74 Å². The fourth-order valence-corrected chi connectivity index (χ4v) is 4.65. The highest BCUT2D eigenvalue weighted by molar-refractivity contribution is 5.92. The van der Waals surface area contributed by atoms with Gasteiger partial charge in [-0.1, -0.05) is 104 Å². The van der Waals surface area contributed by atoms with Crippen molar-refractivity contribution in [1.29, 1.82) is 0 Å². The molecule has 1 rings (SSSR count). The second kappa shape index (κ2) is 18.7. The summed E-state index contributed by atoms with van der Waals surface area (Å²) in [6, 6.07) is 6.38. The van der Waals surface area contributed by atoms with Crippen molar-refractivity contribution in [1.82, 2.24) is 15.5 Å². The van der Waals surface area contributed by atoms with Gasteiger partial charge in [0, 0.05) is 13.1 Å². The lowest BCUT2D eigenvalue weighted by molar-refractivity contribution is -0.143. The Balaban J connectivity index is 3.39. The lowest BCUT2D eigenvalue weighted by Crippen LogP contribution is -2.55. The molecule has 0 aromatic heterocycles. The number of aryl methyl sites for hydroxylation is 1. The number of hydrogen-bond acceptors (Lipinski definition) is 4. The molecule has 0 fully saturated rings. The van der Waals surface area contributed by atoms with Gasteiger partial charge in [-0.15, -0.1) is 0 Å². The molecule has 228 valence electrons. The van der Waals surface area contributed by atoms with Crippen LogP contribution in [0.3, 0.4) is 0 Å². The summed E-state index contributed by atoms with van der Waals surface area (Å²) in [4.78, 5) is 42.4. The number of carbonyl (C=O) groups excluding carboxylic acids is 3. The molecule has 0 saturated carbocycles. The van der Waals surface area contributed by atoms with Crippen LogP contribution < -0.4 is 10.6 Å². The Morgan fingerprint density at radius 2 is 1.43 bits per heavy atom. The van der Waals surface area contributed by atoms with Crippen LogP contribution in [0, 0.1) is 5.92 Å². The Bertz CT molecular complexity index is 877. The number of nitrogens with zero attached hydrogens (tertiary/aromatic N) is 1. The van der Waals surface area contributed by atoms with Gasteiger partial charge < -0.3 is 20.3 Å². The first-order chi connectivity index (χ1) is 18.9. The Hall–Kier alpha value is -2.57. The highest BCUT2D eigenvalue weighted by Gasteiger charge is 2.37. The van der Waals surface area contributed by atoms with Crippen molar-refractivity contribution in [2.45, 2.75) is 137 Å². The maximum atomic E-state index is 14.2. The van der Waals surface area contributed by atoms with Crippen LogP contribution in [0.5, 0.6) is 0 Å². The van der Waals surface area contributed by atoms with E-state index in [0.717, 1.165) is 50.5 Å². The third-order valence-electron chi connectivity index (χ3n) is 6.98. The van der Waals surface area contributed by atoms with Crippen molar-refractivity contribution in [2.24, 2.45) is 5.92 Å². The molecule has 7 nitrogen and oxygen atoms in total. The van der Waals surface area contributed by atoms with Crippen molar-refractivity contribution < 1.29 is 19.1 Å². The molecule has 7 heteroatoms. The largest absolute Gasteiger partial charge is 0.444 e.